The molecule has 0 unspecified atom stereocenters. The van der Waals surface area contributed by atoms with Crippen LogP contribution < -0.4 is 5.32 Å². The molecule has 0 fully saturated rings. The highest BCUT2D eigenvalue weighted by Gasteiger charge is 2.11. The minimum absolute atomic E-state index is 0.0994. The third-order valence-electron chi connectivity index (χ3n) is 3.43. The van der Waals surface area contributed by atoms with Crippen LogP contribution in [0.2, 0.25) is 0 Å². The van der Waals surface area contributed by atoms with E-state index in [1.807, 2.05) is 37.3 Å². The molecule has 2 aromatic rings. The zero-order valence-electron chi connectivity index (χ0n) is 14.1. The lowest BCUT2D eigenvalue weighted by Crippen LogP contribution is -2.09. The molecule has 0 saturated carbocycles. The topological polar surface area (TPSA) is 55.4 Å². The SMILES string of the molecule is CCOC(=O)C=Cc1ccc(NC(=O)c2cc(C)c(CC)s2)cc1. The van der Waals surface area contributed by atoms with Gasteiger partial charge in [-0.05, 0) is 55.7 Å². The van der Waals surface area contributed by atoms with Crippen LogP contribution in [0.4, 0.5) is 5.69 Å². The number of nitrogens with one attached hydrogen (secondary N) is 1. The van der Waals surface area contributed by atoms with Crippen molar-refractivity contribution in [3.8, 4) is 0 Å². The second-order valence-corrected chi connectivity index (χ2v) is 6.37. The van der Waals surface area contributed by atoms with Gasteiger partial charge in [-0.1, -0.05) is 19.1 Å². The summed E-state index contributed by atoms with van der Waals surface area (Å²) in [6, 6.07) is 9.22. The molecule has 1 heterocycles. The van der Waals surface area contributed by atoms with E-state index in [9.17, 15) is 9.59 Å². The smallest absolute Gasteiger partial charge is 0.330 e. The first-order valence-corrected chi connectivity index (χ1v) is 8.70. The van der Waals surface area contributed by atoms with Crippen molar-refractivity contribution in [1.82, 2.24) is 0 Å². The predicted molar refractivity (Wildman–Crippen MR) is 98.5 cm³/mol. The van der Waals surface area contributed by atoms with E-state index in [-0.39, 0.29) is 11.9 Å². The van der Waals surface area contributed by atoms with Gasteiger partial charge < -0.3 is 10.1 Å². The average Bonchev–Trinajstić information content (AvgIpc) is 2.95. The number of thiophene rings is 1. The monoisotopic (exact) mass is 343 g/mol. The third-order valence-corrected chi connectivity index (χ3v) is 4.81. The van der Waals surface area contributed by atoms with Crippen molar-refractivity contribution >= 4 is 35.0 Å². The maximum Gasteiger partial charge on any atom is 0.330 e. The Hall–Kier alpha value is -2.40. The van der Waals surface area contributed by atoms with Crippen LogP contribution >= 0.6 is 11.3 Å². The molecule has 2 rings (SSSR count). The second-order valence-electron chi connectivity index (χ2n) is 5.23. The molecule has 0 radical (unpaired) electrons. The number of carbonyl (C=O) groups is 2. The molecule has 0 bridgehead atoms. The Morgan fingerprint density at radius 2 is 1.92 bits per heavy atom. The lowest BCUT2D eigenvalue weighted by Gasteiger charge is -2.04. The van der Waals surface area contributed by atoms with Crippen LogP contribution in [-0.4, -0.2) is 18.5 Å². The van der Waals surface area contributed by atoms with Crippen LogP contribution in [0.5, 0.6) is 0 Å². The Morgan fingerprint density at radius 1 is 1.21 bits per heavy atom. The van der Waals surface area contributed by atoms with Gasteiger partial charge in [-0.2, -0.15) is 0 Å². The number of benzene rings is 1. The number of ether oxygens (including phenoxy) is 1. The lowest BCUT2D eigenvalue weighted by molar-refractivity contribution is -0.137. The summed E-state index contributed by atoms with van der Waals surface area (Å²) in [5, 5.41) is 2.89. The van der Waals surface area contributed by atoms with Crippen molar-refractivity contribution in [2.75, 3.05) is 11.9 Å². The number of amides is 1. The molecule has 4 nitrogen and oxygen atoms in total. The van der Waals surface area contributed by atoms with Crippen LogP contribution in [0.1, 0.15) is 39.5 Å². The van der Waals surface area contributed by atoms with Gasteiger partial charge in [-0.25, -0.2) is 4.79 Å². The normalized spacial score (nSPS) is 10.8. The van der Waals surface area contributed by atoms with E-state index in [4.69, 9.17) is 4.74 Å². The summed E-state index contributed by atoms with van der Waals surface area (Å²) in [6.07, 6.45) is 4.00. The van der Waals surface area contributed by atoms with E-state index in [0.717, 1.165) is 28.1 Å². The molecule has 5 heteroatoms. The molecular weight excluding hydrogens is 322 g/mol. The number of rotatable bonds is 6. The number of carbonyl (C=O) groups excluding carboxylic acids is 2. The van der Waals surface area contributed by atoms with E-state index in [1.54, 1.807) is 13.0 Å². The Bertz CT molecular complexity index is 744. The average molecular weight is 343 g/mol. The molecule has 0 aliphatic carbocycles. The molecule has 126 valence electrons. The molecule has 0 aliphatic rings. The van der Waals surface area contributed by atoms with Crippen LogP contribution in [0, 0.1) is 6.92 Å². The van der Waals surface area contributed by atoms with Crippen molar-refractivity contribution in [3.63, 3.8) is 0 Å². The molecule has 1 aromatic heterocycles. The largest absolute Gasteiger partial charge is 0.463 e. The standard InChI is InChI=1S/C19H21NO3S/c1-4-16-13(3)12-17(24-16)19(22)20-15-9-6-14(7-10-15)8-11-18(21)23-5-2/h6-12H,4-5H2,1-3H3,(H,20,22). The third kappa shape index (κ3) is 4.80. The summed E-state index contributed by atoms with van der Waals surface area (Å²) < 4.78 is 4.83. The number of esters is 1. The lowest BCUT2D eigenvalue weighted by atomic mass is 10.2. The first kappa shape index (κ1) is 17.9. The Labute approximate surface area is 146 Å². The van der Waals surface area contributed by atoms with Crippen LogP contribution in [-0.2, 0) is 16.0 Å². The van der Waals surface area contributed by atoms with E-state index >= 15 is 0 Å². The highest BCUT2D eigenvalue weighted by atomic mass is 32.1. The molecule has 0 spiro atoms. The summed E-state index contributed by atoms with van der Waals surface area (Å²) in [4.78, 5) is 25.5. The van der Waals surface area contributed by atoms with Gasteiger partial charge in [0, 0.05) is 16.6 Å². The maximum atomic E-state index is 12.3. The van der Waals surface area contributed by atoms with E-state index < -0.39 is 0 Å². The number of hydrogen-bond acceptors (Lipinski definition) is 4. The first-order chi connectivity index (χ1) is 11.5. The summed E-state index contributed by atoms with van der Waals surface area (Å²) in [5.41, 5.74) is 2.74. The molecule has 24 heavy (non-hydrogen) atoms. The van der Waals surface area contributed by atoms with Crippen LogP contribution in [0.15, 0.2) is 36.4 Å². The van der Waals surface area contributed by atoms with Crippen LogP contribution in [0.3, 0.4) is 0 Å². The zero-order chi connectivity index (χ0) is 17.5. The van der Waals surface area contributed by atoms with Gasteiger partial charge in [0.05, 0.1) is 11.5 Å². The van der Waals surface area contributed by atoms with Gasteiger partial charge in [0.2, 0.25) is 0 Å². The van der Waals surface area contributed by atoms with Crippen molar-refractivity contribution in [2.45, 2.75) is 27.2 Å². The minimum atomic E-state index is -0.366. The summed E-state index contributed by atoms with van der Waals surface area (Å²) in [5.74, 6) is -0.465. The van der Waals surface area contributed by atoms with E-state index in [0.29, 0.717) is 6.61 Å². The molecular formula is C19H21NO3S. The number of anilines is 1. The summed E-state index contributed by atoms with van der Waals surface area (Å²) in [7, 11) is 0. The number of aryl methyl sites for hydroxylation is 2. The van der Waals surface area contributed by atoms with Crippen molar-refractivity contribution < 1.29 is 14.3 Å². The minimum Gasteiger partial charge on any atom is -0.463 e. The van der Waals surface area contributed by atoms with E-state index in [1.165, 1.54) is 22.3 Å². The Kier molecular flexibility index (Phi) is 6.32. The van der Waals surface area contributed by atoms with Crippen molar-refractivity contribution in [2.24, 2.45) is 0 Å². The molecule has 0 saturated heterocycles. The van der Waals surface area contributed by atoms with Gasteiger partial charge in [0.1, 0.15) is 0 Å². The second kappa shape index (κ2) is 8.45. The van der Waals surface area contributed by atoms with E-state index in [2.05, 4.69) is 12.2 Å². The van der Waals surface area contributed by atoms with Gasteiger partial charge in [-0.3, -0.25) is 4.79 Å². The summed E-state index contributed by atoms with van der Waals surface area (Å²) in [6.45, 7) is 6.23. The molecule has 0 atom stereocenters. The Balaban J connectivity index is 2.00. The highest BCUT2D eigenvalue weighted by Crippen LogP contribution is 2.23. The molecule has 1 aromatic carbocycles. The fraction of sp³-hybridized carbons (Fsp3) is 0.263. The van der Waals surface area contributed by atoms with Gasteiger partial charge in [-0.15, -0.1) is 11.3 Å². The maximum absolute atomic E-state index is 12.3. The highest BCUT2D eigenvalue weighted by molar-refractivity contribution is 7.14. The van der Waals surface area contributed by atoms with Crippen molar-refractivity contribution in [3.05, 3.63) is 57.3 Å². The molecule has 1 amide bonds. The number of hydrogen-bond donors (Lipinski definition) is 1. The molecule has 0 aliphatic heterocycles. The fourth-order valence-corrected chi connectivity index (χ4v) is 3.22. The molecule has 1 N–H and O–H groups in total. The summed E-state index contributed by atoms with van der Waals surface area (Å²) >= 11 is 1.53. The fourth-order valence-electron chi connectivity index (χ4n) is 2.21. The predicted octanol–water partition coefficient (Wildman–Crippen LogP) is 4.45. The van der Waals surface area contributed by atoms with Gasteiger partial charge in [0.15, 0.2) is 0 Å². The zero-order valence-corrected chi connectivity index (χ0v) is 14.9. The van der Waals surface area contributed by atoms with Crippen LogP contribution in [0.25, 0.3) is 6.08 Å². The van der Waals surface area contributed by atoms with Crippen molar-refractivity contribution in [1.29, 1.82) is 0 Å². The quantitative estimate of drug-likeness (QED) is 0.623. The van der Waals surface area contributed by atoms with Gasteiger partial charge in [0.25, 0.3) is 5.91 Å². The van der Waals surface area contributed by atoms with Gasteiger partial charge >= 0.3 is 5.97 Å². The first-order valence-electron chi connectivity index (χ1n) is 7.89. The Morgan fingerprint density at radius 3 is 2.50 bits per heavy atom.